The Hall–Kier alpha value is -1.71. The van der Waals surface area contributed by atoms with Crippen LogP contribution >= 0.6 is 22.9 Å². The van der Waals surface area contributed by atoms with Crippen molar-refractivity contribution in [3.05, 3.63) is 70.7 Å². The molecule has 0 fully saturated rings. The number of hydrogen-bond donors (Lipinski definition) is 0. The van der Waals surface area contributed by atoms with E-state index in [1.54, 1.807) is 11.3 Å². The van der Waals surface area contributed by atoms with Gasteiger partial charge in [0.05, 0.1) is 0 Å². The first-order valence-corrected chi connectivity index (χ1v) is 8.15. The zero-order chi connectivity index (χ0) is 14.7. The zero-order valence-electron chi connectivity index (χ0n) is 11.7. The Morgan fingerprint density at radius 1 is 1.00 bits per heavy atom. The van der Waals surface area contributed by atoms with Crippen LogP contribution in [-0.2, 0) is 6.42 Å². The van der Waals surface area contributed by atoms with Crippen LogP contribution in [-0.4, -0.2) is 10.2 Å². The molecule has 0 aliphatic heterocycles. The second kappa shape index (κ2) is 6.37. The molecule has 21 heavy (non-hydrogen) atoms. The van der Waals surface area contributed by atoms with E-state index in [1.165, 1.54) is 5.56 Å². The van der Waals surface area contributed by atoms with E-state index in [2.05, 4.69) is 41.4 Å². The Labute approximate surface area is 133 Å². The van der Waals surface area contributed by atoms with E-state index in [1.807, 2.05) is 30.3 Å². The lowest BCUT2D eigenvalue weighted by Gasteiger charge is -2.04. The summed E-state index contributed by atoms with van der Waals surface area (Å²) in [6.07, 6.45) is 1.04. The first kappa shape index (κ1) is 14.2. The topological polar surface area (TPSA) is 25.8 Å². The third kappa shape index (κ3) is 3.14. The highest BCUT2D eigenvalue weighted by Crippen LogP contribution is 2.33. The molecule has 3 rings (SSSR count). The molecule has 0 aliphatic carbocycles. The quantitative estimate of drug-likeness (QED) is 0.626. The number of nitrogens with zero attached hydrogens (tertiary/aromatic N) is 2. The summed E-state index contributed by atoms with van der Waals surface area (Å²) in [4.78, 5) is 0. The van der Waals surface area contributed by atoms with Gasteiger partial charge in [-0.1, -0.05) is 72.9 Å². The van der Waals surface area contributed by atoms with Gasteiger partial charge in [-0.3, -0.25) is 0 Å². The summed E-state index contributed by atoms with van der Waals surface area (Å²) in [7, 11) is 0. The predicted molar refractivity (Wildman–Crippen MR) is 88.9 cm³/mol. The van der Waals surface area contributed by atoms with Crippen molar-refractivity contribution in [3.8, 4) is 10.6 Å². The van der Waals surface area contributed by atoms with Crippen molar-refractivity contribution >= 4 is 22.9 Å². The Balaban J connectivity index is 1.85. The van der Waals surface area contributed by atoms with Crippen molar-refractivity contribution < 1.29 is 0 Å². The van der Waals surface area contributed by atoms with Crippen LogP contribution < -0.4 is 0 Å². The molecule has 1 atom stereocenters. The van der Waals surface area contributed by atoms with Crippen LogP contribution in [0.5, 0.6) is 0 Å². The fourth-order valence-corrected chi connectivity index (χ4v) is 3.28. The molecule has 0 amide bonds. The lowest BCUT2D eigenvalue weighted by Crippen LogP contribution is -1.91. The van der Waals surface area contributed by atoms with Crippen molar-refractivity contribution in [2.45, 2.75) is 18.7 Å². The van der Waals surface area contributed by atoms with Crippen LogP contribution in [0.4, 0.5) is 0 Å². The molecule has 4 heteroatoms. The van der Waals surface area contributed by atoms with E-state index in [0.29, 0.717) is 0 Å². The zero-order valence-corrected chi connectivity index (χ0v) is 13.2. The summed E-state index contributed by atoms with van der Waals surface area (Å²) in [5.41, 5.74) is 3.46. The molecular formula is C17H15ClN2S. The first-order valence-electron chi connectivity index (χ1n) is 6.89. The highest BCUT2D eigenvalue weighted by atomic mass is 35.5. The maximum atomic E-state index is 6.49. The van der Waals surface area contributed by atoms with Crippen molar-refractivity contribution in [3.63, 3.8) is 0 Å². The smallest absolute Gasteiger partial charge is 0.141 e. The van der Waals surface area contributed by atoms with Crippen molar-refractivity contribution in [1.29, 1.82) is 0 Å². The number of rotatable bonds is 4. The molecule has 0 spiro atoms. The summed E-state index contributed by atoms with van der Waals surface area (Å²) < 4.78 is 0. The fraction of sp³-hybridized carbons (Fsp3) is 0.176. The normalized spacial score (nSPS) is 12.3. The van der Waals surface area contributed by atoms with E-state index in [-0.39, 0.29) is 5.38 Å². The Morgan fingerprint density at radius 3 is 2.38 bits per heavy atom. The van der Waals surface area contributed by atoms with Crippen LogP contribution in [0.1, 0.15) is 28.4 Å². The highest BCUT2D eigenvalue weighted by Gasteiger charge is 2.16. The molecule has 1 unspecified atom stereocenters. The highest BCUT2D eigenvalue weighted by molar-refractivity contribution is 7.15. The lowest BCUT2D eigenvalue weighted by molar-refractivity contribution is 0.988. The second-order valence-corrected chi connectivity index (χ2v) is 6.21. The largest absolute Gasteiger partial charge is 0.147 e. The van der Waals surface area contributed by atoms with Gasteiger partial charge in [-0.15, -0.1) is 21.8 Å². The van der Waals surface area contributed by atoms with Crippen molar-refractivity contribution in [2.24, 2.45) is 0 Å². The van der Waals surface area contributed by atoms with Crippen LogP contribution in [0.25, 0.3) is 10.6 Å². The van der Waals surface area contributed by atoms with Gasteiger partial charge in [-0.2, -0.15) is 0 Å². The molecule has 1 heterocycles. The van der Waals surface area contributed by atoms with Gasteiger partial charge in [0, 0.05) is 5.56 Å². The molecule has 1 aromatic heterocycles. The summed E-state index contributed by atoms with van der Waals surface area (Å²) in [5.74, 6) is 0. The van der Waals surface area contributed by atoms with Gasteiger partial charge in [-0.05, 0) is 17.5 Å². The average molecular weight is 315 g/mol. The second-order valence-electron chi connectivity index (χ2n) is 4.77. The van der Waals surface area contributed by atoms with Gasteiger partial charge >= 0.3 is 0 Å². The van der Waals surface area contributed by atoms with E-state index in [4.69, 9.17) is 11.6 Å². The number of benzene rings is 2. The molecule has 0 bridgehead atoms. The molecule has 0 aliphatic rings. The van der Waals surface area contributed by atoms with Crippen molar-refractivity contribution in [2.75, 3.05) is 0 Å². The summed E-state index contributed by atoms with van der Waals surface area (Å²) in [6.45, 7) is 2.15. The Bertz CT molecular complexity index is 707. The predicted octanol–water partition coefficient (Wildman–Crippen LogP) is 5.10. The maximum absolute atomic E-state index is 6.49. The number of hydrogen-bond acceptors (Lipinski definition) is 3. The lowest BCUT2D eigenvalue weighted by atomic mass is 10.1. The molecule has 0 radical (unpaired) electrons. The van der Waals surface area contributed by atoms with Gasteiger partial charge in [0.25, 0.3) is 0 Å². The molecular weight excluding hydrogens is 300 g/mol. The summed E-state index contributed by atoms with van der Waals surface area (Å²) in [6, 6.07) is 18.4. The third-order valence-electron chi connectivity index (χ3n) is 3.36. The average Bonchev–Trinajstić information content (AvgIpc) is 3.05. The van der Waals surface area contributed by atoms with E-state index in [0.717, 1.165) is 27.6 Å². The minimum absolute atomic E-state index is 0.243. The number of alkyl halides is 1. The van der Waals surface area contributed by atoms with Gasteiger partial charge in [0.15, 0.2) is 0 Å². The van der Waals surface area contributed by atoms with Crippen molar-refractivity contribution in [1.82, 2.24) is 10.2 Å². The minimum Gasteiger partial charge on any atom is -0.141 e. The summed E-state index contributed by atoms with van der Waals surface area (Å²) >= 11 is 8.04. The van der Waals surface area contributed by atoms with Gasteiger partial charge < -0.3 is 0 Å². The maximum Gasteiger partial charge on any atom is 0.147 e. The molecule has 3 aromatic rings. The molecule has 2 aromatic carbocycles. The van der Waals surface area contributed by atoms with Crippen LogP contribution in [0, 0.1) is 0 Å². The standard InChI is InChI=1S/C17H15ClN2S/c1-2-12-8-10-14(11-9-12)16-19-20-17(21-16)15(18)13-6-4-3-5-7-13/h3-11,15H,2H2,1H3. The Kier molecular flexibility index (Phi) is 4.32. The van der Waals surface area contributed by atoms with Gasteiger partial charge in [-0.25, -0.2) is 0 Å². The third-order valence-corrected chi connectivity index (χ3v) is 4.98. The van der Waals surface area contributed by atoms with E-state index < -0.39 is 0 Å². The minimum atomic E-state index is -0.243. The van der Waals surface area contributed by atoms with Crippen LogP contribution in [0.3, 0.4) is 0 Å². The SMILES string of the molecule is CCc1ccc(-c2nnc(C(Cl)c3ccccc3)s2)cc1. The molecule has 2 nitrogen and oxygen atoms in total. The van der Waals surface area contributed by atoms with E-state index >= 15 is 0 Å². The monoisotopic (exact) mass is 314 g/mol. The molecule has 0 saturated heterocycles. The van der Waals surface area contributed by atoms with Crippen LogP contribution in [0.2, 0.25) is 0 Å². The van der Waals surface area contributed by atoms with E-state index in [9.17, 15) is 0 Å². The number of aryl methyl sites for hydroxylation is 1. The fourth-order valence-electron chi connectivity index (χ4n) is 2.10. The van der Waals surface area contributed by atoms with Gasteiger partial charge in [0.2, 0.25) is 0 Å². The molecule has 106 valence electrons. The molecule has 0 saturated carbocycles. The van der Waals surface area contributed by atoms with Crippen LogP contribution in [0.15, 0.2) is 54.6 Å². The molecule has 0 N–H and O–H groups in total. The Morgan fingerprint density at radius 2 is 1.71 bits per heavy atom. The number of halogens is 1. The van der Waals surface area contributed by atoms with Gasteiger partial charge in [0.1, 0.15) is 15.4 Å². The number of aromatic nitrogens is 2. The first-order chi connectivity index (χ1) is 10.3. The summed E-state index contributed by atoms with van der Waals surface area (Å²) in [5, 5.41) is 10.0.